The van der Waals surface area contributed by atoms with Gasteiger partial charge in [0.15, 0.2) is 5.76 Å². The number of ketones is 1. The Labute approximate surface area is 190 Å². The fraction of sp³-hybridized carbons (Fsp3) is 0.174. The zero-order valence-corrected chi connectivity index (χ0v) is 18.2. The van der Waals surface area contributed by atoms with Gasteiger partial charge in [-0.05, 0) is 55.8 Å². The van der Waals surface area contributed by atoms with E-state index in [1.165, 1.54) is 18.2 Å². The number of aliphatic hydroxyl groups is 1. The average molecular weight is 474 g/mol. The number of carbonyl (C=O) groups excluding carboxylic acids is 2. The molecule has 2 aromatic carbocycles. The summed E-state index contributed by atoms with van der Waals surface area (Å²) in [5.74, 6) is -2.51. The number of carbonyl (C=O) groups is 2. The number of hydrogen-bond donors (Lipinski definition) is 2. The summed E-state index contributed by atoms with van der Waals surface area (Å²) in [5.41, 5.74) is -0.367. The van der Waals surface area contributed by atoms with Gasteiger partial charge in [0.1, 0.15) is 5.75 Å². The number of amides is 1. The largest absolute Gasteiger partial charge is 0.508 e. The fourth-order valence-electron chi connectivity index (χ4n) is 3.79. The molecule has 1 amide bonds. The lowest BCUT2D eigenvalue weighted by molar-refractivity contribution is -0.137. The summed E-state index contributed by atoms with van der Waals surface area (Å²) in [6, 6.07) is 8.42. The second kappa shape index (κ2) is 8.04. The van der Waals surface area contributed by atoms with Crippen molar-refractivity contribution in [3.8, 4) is 5.75 Å². The second-order valence-corrected chi connectivity index (χ2v) is 8.66. The molecular formula is C23H17F3N2O4S. The van der Waals surface area contributed by atoms with E-state index in [1.54, 1.807) is 19.9 Å². The molecule has 1 atom stereocenters. The van der Waals surface area contributed by atoms with Gasteiger partial charge in [-0.2, -0.15) is 13.2 Å². The van der Waals surface area contributed by atoms with Crippen LogP contribution in [0.25, 0.3) is 0 Å². The number of hydrogen-bond acceptors (Lipinski definition) is 6. The molecule has 4 rings (SSSR count). The topological polar surface area (TPSA) is 90.7 Å². The highest BCUT2D eigenvalue weighted by Crippen LogP contribution is 2.43. The third kappa shape index (κ3) is 3.97. The molecule has 0 saturated heterocycles. The predicted octanol–water partition coefficient (Wildman–Crippen LogP) is 5.27. The summed E-state index contributed by atoms with van der Waals surface area (Å²) >= 11 is 1.10. The van der Waals surface area contributed by atoms with Crippen molar-refractivity contribution in [3.05, 3.63) is 86.6 Å². The van der Waals surface area contributed by atoms with E-state index < -0.39 is 35.2 Å². The molecule has 0 spiro atoms. The summed E-state index contributed by atoms with van der Waals surface area (Å²) in [6.45, 7) is 3.34. The molecule has 6 nitrogen and oxygen atoms in total. The zero-order chi connectivity index (χ0) is 24.1. The van der Waals surface area contributed by atoms with Gasteiger partial charge >= 0.3 is 6.18 Å². The van der Waals surface area contributed by atoms with Crippen LogP contribution in [0.3, 0.4) is 0 Å². The number of aryl methyl sites for hydroxylation is 2. The summed E-state index contributed by atoms with van der Waals surface area (Å²) in [6.07, 6.45) is -4.57. The number of phenolic OH excluding ortho intramolecular Hbond substituents is 1. The first kappa shape index (κ1) is 22.5. The molecule has 10 heteroatoms. The first-order valence-electron chi connectivity index (χ1n) is 9.70. The van der Waals surface area contributed by atoms with Crippen LogP contribution in [-0.2, 0) is 11.0 Å². The SMILES string of the molecule is Cc1nc(C)c(C(=O)C2=C(O)C(=O)N(c3ccc(C(F)(F)F)cc3)C2c2cccc(O)c2)s1. The Kier molecular flexibility index (Phi) is 5.49. The van der Waals surface area contributed by atoms with Crippen molar-refractivity contribution in [2.45, 2.75) is 26.1 Å². The minimum absolute atomic E-state index is 0.0490. The summed E-state index contributed by atoms with van der Waals surface area (Å²) in [4.78, 5) is 32.0. The Balaban J connectivity index is 1.87. The van der Waals surface area contributed by atoms with Gasteiger partial charge in [0.2, 0.25) is 5.78 Å². The van der Waals surface area contributed by atoms with E-state index in [4.69, 9.17) is 0 Å². The molecule has 33 heavy (non-hydrogen) atoms. The number of anilines is 1. The van der Waals surface area contributed by atoms with Gasteiger partial charge in [0.05, 0.1) is 32.8 Å². The number of phenols is 1. The predicted molar refractivity (Wildman–Crippen MR) is 115 cm³/mol. The monoisotopic (exact) mass is 474 g/mol. The number of halogens is 3. The number of rotatable bonds is 4. The van der Waals surface area contributed by atoms with Gasteiger partial charge in [0.25, 0.3) is 5.91 Å². The van der Waals surface area contributed by atoms with Crippen molar-refractivity contribution in [2.24, 2.45) is 0 Å². The lowest BCUT2D eigenvalue weighted by Crippen LogP contribution is -2.31. The molecule has 1 unspecified atom stereocenters. The maximum Gasteiger partial charge on any atom is 0.416 e. The normalized spacial score (nSPS) is 16.6. The quantitative estimate of drug-likeness (QED) is 0.503. The Morgan fingerprint density at radius 3 is 2.30 bits per heavy atom. The minimum atomic E-state index is -4.57. The molecule has 0 aliphatic carbocycles. The minimum Gasteiger partial charge on any atom is -0.508 e. The summed E-state index contributed by atoms with van der Waals surface area (Å²) < 4.78 is 39.0. The average Bonchev–Trinajstić information content (AvgIpc) is 3.22. The number of nitrogens with zero attached hydrogens (tertiary/aromatic N) is 2. The number of benzene rings is 2. The van der Waals surface area contributed by atoms with Crippen LogP contribution in [0.1, 0.15) is 37.5 Å². The van der Waals surface area contributed by atoms with Crippen molar-refractivity contribution in [1.29, 1.82) is 0 Å². The number of Topliss-reactive ketones (excluding diaryl/α,β-unsaturated/α-hetero) is 1. The van der Waals surface area contributed by atoms with Gasteiger partial charge in [-0.3, -0.25) is 14.5 Å². The molecule has 170 valence electrons. The third-order valence-electron chi connectivity index (χ3n) is 5.22. The van der Waals surface area contributed by atoms with E-state index >= 15 is 0 Å². The summed E-state index contributed by atoms with van der Waals surface area (Å²) in [5, 5.41) is 21.3. The van der Waals surface area contributed by atoms with Crippen LogP contribution in [0.2, 0.25) is 0 Å². The van der Waals surface area contributed by atoms with Crippen LogP contribution in [0.15, 0.2) is 59.9 Å². The number of aliphatic hydroxyl groups excluding tert-OH is 1. The summed E-state index contributed by atoms with van der Waals surface area (Å²) in [7, 11) is 0. The van der Waals surface area contributed by atoms with E-state index in [0.717, 1.165) is 40.5 Å². The van der Waals surface area contributed by atoms with Gasteiger partial charge in [0, 0.05) is 5.69 Å². The van der Waals surface area contributed by atoms with E-state index in [1.807, 2.05) is 0 Å². The van der Waals surface area contributed by atoms with Crippen LogP contribution in [0.4, 0.5) is 18.9 Å². The van der Waals surface area contributed by atoms with E-state index in [2.05, 4.69) is 4.98 Å². The molecule has 1 aliphatic rings. The van der Waals surface area contributed by atoms with E-state index in [9.17, 15) is 33.0 Å². The molecule has 3 aromatic rings. The highest BCUT2D eigenvalue weighted by molar-refractivity contribution is 7.14. The Morgan fingerprint density at radius 2 is 1.76 bits per heavy atom. The van der Waals surface area contributed by atoms with Crippen LogP contribution in [0.5, 0.6) is 5.75 Å². The third-order valence-corrected chi connectivity index (χ3v) is 6.29. The van der Waals surface area contributed by atoms with E-state index in [0.29, 0.717) is 16.3 Å². The van der Waals surface area contributed by atoms with Crippen molar-refractivity contribution in [3.63, 3.8) is 0 Å². The van der Waals surface area contributed by atoms with Crippen LogP contribution < -0.4 is 4.90 Å². The molecule has 2 heterocycles. The lowest BCUT2D eigenvalue weighted by atomic mass is 9.94. The highest BCUT2D eigenvalue weighted by atomic mass is 32.1. The van der Waals surface area contributed by atoms with Gasteiger partial charge in [-0.15, -0.1) is 11.3 Å². The molecule has 2 N–H and O–H groups in total. The molecule has 0 fully saturated rings. The molecule has 0 bridgehead atoms. The number of aromatic hydroxyl groups is 1. The molecule has 1 aromatic heterocycles. The van der Waals surface area contributed by atoms with Crippen molar-refractivity contribution in [2.75, 3.05) is 4.90 Å². The molecule has 1 aliphatic heterocycles. The standard InChI is InChI=1S/C23H17F3N2O4S/c1-11-21(33-12(2)27-11)19(30)17-18(13-4-3-5-16(29)10-13)28(22(32)20(17)31)15-8-6-14(7-9-15)23(24,25)26/h3-10,18,29,31H,1-2H3. The Bertz CT molecular complexity index is 1300. The zero-order valence-electron chi connectivity index (χ0n) is 17.3. The van der Waals surface area contributed by atoms with E-state index in [-0.39, 0.29) is 21.9 Å². The van der Waals surface area contributed by atoms with Crippen LogP contribution >= 0.6 is 11.3 Å². The molecular weight excluding hydrogens is 457 g/mol. The number of alkyl halides is 3. The van der Waals surface area contributed by atoms with Crippen molar-refractivity contribution < 1.29 is 33.0 Å². The molecule has 0 radical (unpaired) electrons. The maximum absolute atomic E-state index is 13.4. The second-order valence-electron chi connectivity index (χ2n) is 7.46. The van der Waals surface area contributed by atoms with Gasteiger partial charge in [-0.1, -0.05) is 12.1 Å². The van der Waals surface area contributed by atoms with Crippen molar-refractivity contribution in [1.82, 2.24) is 4.98 Å². The highest BCUT2D eigenvalue weighted by Gasteiger charge is 2.45. The Hall–Kier alpha value is -3.66. The molecule has 0 saturated carbocycles. The smallest absolute Gasteiger partial charge is 0.416 e. The Morgan fingerprint density at radius 1 is 1.09 bits per heavy atom. The number of aromatic nitrogens is 1. The van der Waals surface area contributed by atoms with Crippen LogP contribution in [-0.4, -0.2) is 26.9 Å². The fourth-order valence-corrected chi connectivity index (χ4v) is 4.66. The first-order valence-corrected chi connectivity index (χ1v) is 10.5. The van der Waals surface area contributed by atoms with Gasteiger partial charge in [-0.25, -0.2) is 4.98 Å². The van der Waals surface area contributed by atoms with Crippen LogP contribution in [0, 0.1) is 13.8 Å². The maximum atomic E-state index is 13.4. The van der Waals surface area contributed by atoms with Crippen molar-refractivity contribution >= 4 is 28.7 Å². The number of thiazole rings is 1. The van der Waals surface area contributed by atoms with Gasteiger partial charge < -0.3 is 10.2 Å². The first-order chi connectivity index (χ1) is 15.5. The lowest BCUT2D eigenvalue weighted by Gasteiger charge is -2.27.